The summed E-state index contributed by atoms with van der Waals surface area (Å²) in [6.45, 7) is 0.207. The second-order valence-corrected chi connectivity index (χ2v) is 6.08. The van der Waals surface area contributed by atoms with Gasteiger partial charge in [-0.15, -0.1) is 0 Å². The second-order valence-electron chi connectivity index (χ2n) is 3.82. The van der Waals surface area contributed by atoms with Crippen LogP contribution < -0.4 is 4.74 Å². The Morgan fingerprint density at radius 1 is 1.28 bits per heavy atom. The van der Waals surface area contributed by atoms with E-state index in [4.69, 9.17) is 9.84 Å². The fourth-order valence-electron chi connectivity index (χ4n) is 1.29. The Morgan fingerprint density at radius 2 is 1.94 bits per heavy atom. The Hall–Kier alpha value is -1.51. The molecule has 1 aromatic carbocycles. The summed E-state index contributed by atoms with van der Waals surface area (Å²) in [5, 5.41) is 8.54. The Bertz CT molecular complexity index is 520. The summed E-state index contributed by atoms with van der Waals surface area (Å²) >= 11 is 0. The zero-order chi connectivity index (χ0) is 13.4. The van der Waals surface area contributed by atoms with Crippen molar-refractivity contribution < 1.29 is 18.3 Å². The predicted molar refractivity (Wildman–Crippen MR) is 70.2 cm³/mol. The van der Waals surface area contributed by atoms with E-state index in [1.165, 1.54) is 6.26 Å². The van der Waals surface area contributed by atoms with Crippen molar-refractivity contribution in [3.8, 4) is 17.6 Å². The number of ether oxygens (including phenoxy) is 1. The fourth-order valence-corrected chi connectivity index (χ4v) is 1.93. The zero-order valence-electron chi connectivity index (χ0n) is 10.2. The maximum atomic E-state index is 10.9. The summed E-state index contributed by atoms with van der Waals surface area (Å²) in [6.07, 6.45) is 1.69. The monoisotopic (exact) mass is 268 g/mol. The molecule has 0 radical (unpaired) electrons. The normalized spacial score (nSPS) is 10.6. The van der Waals surface area contributed by atoms with Gasteiger partial charge in [0.25, 0.3) is 0 Å². The van der Waals surface area contributed by atoms with Crippen LogP contribution in [0.25, 0.3) is 0 Å². The molecule has 0 aliphatic heterocycles. The van der Waals surface area contributed by atoms with Gasteiger partial charge in [-0.2, -0.15) is 0 Å². The maximum Gasteiger partial charge on any atom is 0.147 e. The Morgan fingerprint density at radius 3 is 2.50 bits per heavy atom. The molecule has 4 nitrogen and oxygen atoms in total. The van der Waals surface area contributed by atoms with E-state index in [0.29, 0.717) is 18.8 Å². The van der Waals surface area contributed by atoms with Gasteiger partial charge >= 0.3 is 0 Å². The molecule has 0 heterocycles. The highest BCUT2D eigenvalue weighted by molar-refractivity contribution is 7.90. The smallest absolute Gasteiger partial charge is 0.147 e. The molecule has 0 unspecified atom stereocenters. The molecule has 18 heavy (non-hydrogen) atoms. The number of rotatable bonds is 5. The third-order valence-electron chi connectivity index (χ3n) is 2.09. The number of hydrogen-bond donors (Lipinski definition) is 1. The molecule has 1 N–H and O–H groups in total. The van der Waals surface area contributed by atoms with Gasteiger partial charge < -0.3 is 9.84 Å². The van der Waals surface area contributed by atoms with E-state index in [0.717, 1.165) is 5.56 Å². The first kappa shape index (κ1) is 14.6. The Kier molecular flexibility index (Phi) is 5.69. The van der Waals surface area contributed by atoms with E-state index in [1.54, 1.807) is 24.3 Å². The summed E-state index contributed by atoms with van der Waals surface area (Å²) < 4.78 is 27.2. The van der Waals surface area contributed by atoms with Gasteiger partial charge in [-0.05, 0) is 30.7 Å². The molecule has 0 fully saturated rings. The molecular weight excluding hydrogens is 252 g/mol. The molecule has 0 saturated carbocycles. The molecule has 0 bridgehead atoms. The summed E-state index contributed by atoms with van der Waals surface area (Å²) in [6, 6.07) is 7.10. The molecule has 5 heteroatoms. The van der Waals surface area contributed by atoms with Gasteiger partial charge in [0.2, 0.25) is 0 Å². The molecule has 1 aromatic rings. The van der Waals surface area contributed by atoms with Gasteiger partial charge in [0, 0.05) is 11.8 Å². The lowest BCUT2D eigenvalue weighted by Gasteiger charge is -2.05. The molecule has 1 rings (SSSR count). The highest BCUT2D eigenvalue weighted by Gasteiger charge is 2.01. The van der Waals surface area contributed by atoms with Gasteiger partial charge in [0.1, 0.15) is 22.2 Å². The lowest BCUT2D eigenvalue weighted by molar-refractivity contribution is 0.317. The van der Waals surface area contributed by atoms with Gasteiger partial charge in [-0.3, -0.25) is 0 Å². The third-order valence-corrected chi connectivity index (χ3v) is 3.12. The Balaban J connectivity index is 2.40. The molecule has 98 valence electrons. The largest absolute Gasteiger partial charge is 0.494 e. The van der Waals surface area contributed by atoms with Crippen LogP contribution in [0.2, 0.25) is 0 Å². The third kappa shape index (κ3) is 6.28. The minimum atomic E-state index is -2.92. The molecule has 0 spiro atoms. The van der Waals surface area contributed by atoms with Gasteiger partial charge in [0.05, 0.1) is 12.4 Å². The number of aliphatic hydroxyl groups is 1. The van der Waals surface area contributed by atoms with Crippen LogP contribution >= 0.6 is 0 Å². The molecule has 0 amide bonds. The van der Waals surface area contributed by atoms with Crippen LogP contribution in [0, 0.1) is 11.8 Å². The first-order chi connectivity index (χ1) is 8.51. The van der Waals surface area contributed by atoms with Crippen molar-refractivity contribution in [1.29, 1.82) is 0 Å². The van der Waals surface area contributed by atoms with Crippen LogP contribution in [-0.2, 0) is 9.84 Å². The van der Waals surface area contributed by atoms with Crippen LogP contribution in [0.15, 0.2) is 24.3 Å². The van der Waals surface area contributed by atoms with Crippen molar-refractivity contribution in [2.45, 2.75) is 6.42 Å². The minimum Gasteiger partial charge on any atom is -0.494 e. The quantitative estimate of drug-likeness (QED) is 0.635. The average molecular weight is 268 g/mol. The van der Waals surface area contributed by atoms with Gasteiger partial charge in [-0.1, -0.05) is 11.8 Å². The number of benzene rings is 1. The van der Waals surface area contributed by atoms with Crippen LogP contribution in [0.5, 0.6) is 5.75 Å². The van der Waals surface area contributed by atoms with E-state index in [1.807, 2.05) is 0 Å². The highest BCUT2D eigenvalue weighted by atomic mass is 32.2. The average Bonchev–Trinajstić information content (AvgIpc) is 2.32. The predicted octanol–water partition coefficient (Wildman–Crippen LogP) is 0.844. The molecule has 0 aliphatic rings. The van der Waals surface area contributed by atoms with E-state index in [-0.39, 0.29) is 12.4 Å². The number of sulfone groups is 1. The molecule has 0 atom stereocenters. The van der Waals surface area contributed by atoms with Crippen molar-refractivity contribution in [3.05, 3.63) is 29.8 Å². The maximum absolute atomic E-state index is 10.9. The summed E-state index contributed by atoms with van der Waals surface area (Å²) in [4.78, 5) is 0. The van der Waals surface area contributed by atoms with Crippen LogP contribution in [-0.4, -0.2) is 38.7 Å². The minimum absolute atomic E-state index is 0.132. The first-order valence-corrected chi connectivity index (χ1v) is 7.57. The summed E-state index contributed by atoms with van der Waals surface area (Å²) in [7, 11) is -2.92. The lowest BCUT2D eigenvalue weighted by atomic mass is 10.2. The van der Waals surface area contributed by atoms with E-state index >= 15 is 0 Å². The van der Waals surface area contributed by atoms with E-state index in [9.17, 15) is 8.42 Å². The summed E-state index contributed by atoms with van der Waals surface area (Å²) in [5.41, 5.74) is 0.799. The van der Waals surface area contributed by atoms with Crippen molar-refractivity contribution in [1.82, 2.24) is 0 Å². The zero-order valence-corrected chi connectivity index (χ0v) is 11.0. The van der Waals surface area contributed by atoms with Crippen molar-refractivity contribution >= 4 is 9.84 Å². The van der Waals surface area contributed by atoms with Crippen molar-refractivity contribution in [3.63, 3.8) is 0 Å². The summed E-state index contributed by atoms with van der Waals surface area (Å²) in [5.74, 6) is 6.14. The van der Waals surface area contributed by atoms with Gasteiger partial charge in [0.15, 0.2) is 0 Å². The van der Waals surface area contributed by atoms with E-state index in [2.05, 4.69) is 11.8 Å². The van der Waals surface area contributed by atoms with Crippen molar-refractivity contribution in [2.75, 3.05) is 25.2 Å². The second kappa shape index (κ2) is 7.04. The topological polar surface area (TPSA) is 63.6 Å². The van der Waals surface area contributed by atoms with Crippen LogP contribution in [0.3, 0.4) is 0 Å². The van der Waals surface area contributed by atoms with Crippen molar-refractivity contribution in [2.24, 2.45) is 0 Å². The standard InChI is InChI=1S/C13H16O4S/c1-18(15,16)11-3-10-17-13-7-5-12(6-8-13)4-2-9-14/h5-8,14H,3,9-11H2,1H3. The molecule has 0 aromatic heterocycles. The number of aliphatic hydroxyl groups excluding tert-OH is 1. The number of hydrogen-bond acceptors (Lipinski definition) is 4. The fraction of sp³-hybridized carbons (Fsp3) is 0.385. The Labute approximate surface area is 108 Å². The highest BCUT2D eigenvalue weighted by Crippen LogP contribution is 2.11. The first-order valence-electron chi connectivity index (χ1n) is 5.51. The SMILES string of the molecule is CS(=O)(=O)CCCOc1ccc(C#CCO)cc1. The van der Waals surface area contributed by atoms with Gasteiger partial charge in [-0.25, -0.2) is 8.42 Å². The molecule has 0 aliphatic carbocycles. The molecule has 0 saturated heterocycles. The lowest BCUT2D eigenvalue weighted by Crippen LogP contribution is -2.07. The van der Waals surface area contributed by atoms with E-state index < -0.39 is 9.84 Å². The van der Waals surface area contributed by atoms with Crippen LogP contribution in [0.4, 0.5) is 0 Å². The van der Waals surface area contributed by atoms with Crippen LogP contribution in [0.1, 0.15) is 12.0 Å². The molecular formula is C13H16O4S.